The summed E-state index contributed by atoms with van der Waals surface area (Å²) in [6, 6.07) is 8.77. The molecule has 1 N–H and O–H groups in total. The largest absolute Gasteiger partial charge is 0.416 e. The minimum absolute atomic E-state index is 0.0193. The molecule has 2 aromatic rings. The van der Waals surface area contributed by atoms with Gasteiger partial charge < -0.3 is 5.32 Å². The number of alkyl halides is 3. The molecule has 0 saturated heterocycles. The third-order valence-corrected chi connectivity index (χ3v) is 5.57. The quantitative estimate of drug-likeness (QED) is 0.714. The van der Waals surface area contributed by atoms with E-state index in [-0.39, 0.29) is 27.8 Å². The minimum atomic E-state index is -4.50. The number of rotatable bonds is 6. The third-order valence-electron chi connectivity index (χ3n) is 3.63. The standard InChI is InChI=1S/C17H15Cl2F3N2O3S/c1-28(26,27)24(14-7-3-6-13(18)16(14)19)10-15(25)23-9-11-4-2-5-12(8-11)17(20,21)22/h2-8H,9-10H2,1H3,(H,23,25). The van der Waals surface area contributed by atoms with Crippen molar-refractivity contribution < 1.29 is 26.4 Å². The molecule has 2 rings (SSSR count). The van der Waals surface area contributed by atoms with Crippen LogP contribution in [0.5, 0.6) is 0 Å². The molecule has 0 heterocycles. The number of benzene rings is 2. The molecule has 152 valence electrons. The first-order chi connectivity index (χ1) is 12.9. The molecular weight excluding hydrogens is 440 g/mol. The van der Waals surface area contributed by atoms with Crippen LogP contribution in [0.2, 0.25) is 10.0 Å². The van der Waals surface area contributed by atoms with Crippen LogP contribution < -0.4 is 9.62 Å². The highest BCUT2D eigenvalue weighted by Gasteiger charge is 2.30. The number of carbonyl (C=O) groups excluding carboxylic acids is 1. The second kappa shape index (κ2) is 8.59. The molecule has 11 heteroatoms. The van der Waals surface area contributed by atoms with E-state index in [2.05, 4.69) is 5.32 Å². The van der Waals surface area contributed by atoms with Gasteiger partial charge in [0.05, 0.1) is 27.6 Å². The lowest BCUT2D eigenvalue weighted by molar-refractivity contribution is -0.137. The normalized spacial score (nSPS) is 11.9. The molecular formula is C17H15Cl2F3N2O3S. The van der Waals surface area contributed by atoms with Crippen LogP contribution in [-0.2, 0) is 27.5 Å². The first-order valence-electron chi connectivity index (χ1n) is 7.74. The lowest BCUT2D eigenvalue weighted by Crippen LogP contribution is -2.40. The van der Waals surface area contributed by atoms with Crippen LogP contribution >= 0.6 is 23.2 Å². The van der Waals surface area contributed by atoms with Gasteiger partial charge in [0.1, 0.15) is 6.54 Å². The number of carbonyl (C=O) groups is 1. The van der Waals surface area contributed by atoms with Gasteiger partial charge in [0, 0.05) is 6.54 Å². The fourth-order valence-electron chi connectivity index (χ4n) is 2.31. The summed E-state index contributed by atoms with van der Waals surface area (Å²) in [5, 5.41) is 2.46. The number of hydrogen-bond donors (Lipinski definition) is 1. The smallest absolute Gasteiger partial charge is 0.350 e. The van der Waals surface area contributed by atoms with E-state index in [1.54, 1.807) is 0 Å². The van der Waals surface area contributed by atoms with Gasteiger partial charge >= 0.3 is 6.18 Å². The zero-order valence-electron chi connectivity index (χ0n) is 14.4. The van der Waals surface area contributed by atoms with Crippen molar-refractivity contribution in [1.29, 1.82) is 0 Å². The van der Waals surface area contributed by atoms with Crippen LogP contribution in [0, 0.1) is 0 Å². The Morgan fingerprint density at radius 3 is 2.39 bits per heavy atom. The maximum Gasteiger partial charge on any atom is 0.416 e. The predicted molar refractivity (Wildman–Crippen MR) is 102 cm³/mol. The molecule has 0 fully saturated rings. The number of sulfonamides is 1. The van der Waals surface area contributed by atoms with Gasteiger partial charge in [-0.05, 0) is 29.8 Å². The molecule has 1 amide bonds. The molecule has 0 atom stereocenters. The number of halogens is 5. The molecule has 0 spiro atoms. The van der Waals surface area contributed by atoms with E-state index in [0.29, 0.717) is 0 Å². The van der Waals surface area contributed by atoms with Crippen LogP contribution in [-0.4, -0.2) is 27.1 Å². The lowest BCUT2D eigenvalue weighted by Gasteiger charge is -2.23. The molecule has 0 aliphatic heterocycles. The zero-order chi connectivity index (χ0) is 21.1. The average molecular weight is 455 g/mol. The number of hydrogen-bond acceptors (Lipinski definition) is 3. The van der Waals surface area contributed by atoms with Crippen molar-refractivity contribution in [2.24, 2.45) is 0 Å². The van der Waals surface area contributed by atoms with Gasteiger partial charge in [-0.15, -0.1) is 0 Å². The summed E-state index contributed by atoms with van der Waals surface area (Å²) in [6.07, 6.45) is -3.61. The molecule has 0 saturated carbocycles. The van der Waals surface area contributed by atoms with Gasteiger partial charge in [-0.3, -0.25) is 9.10 Å². The predicted octanol–water partition coefficient (Wildman–Crippen LogP) is 4.09. The molecule has 0 aliphatic carbocycles. The van der Waals surface area contributed by atoms with Crippen LogP contribution in [0.25, 0.3) is 0 Å². The van der Waals surface area contributed by atoms with E-state index in [1.807, 2.05) is 0 Å². The highest BCUT2D eigenvalue weighted by Crippen LogP contribution is 2.33. The van der Waals surface area contributed by atoms with Crippen molar-refractivity contribution in [3.63, 3.8) is 0 Å². The maximum absolute atomic E-state index is 12.7. The second-order valence-electron chi connectivity index (χ2n) is 5.82. The van der Waals surface area contributed by atoms with Crippen molar-refractivity contribution in [2.45, 2.75) is 12.7 Å². The Morgan fingerprint density at radius 1 is 1.14 bits per heavy atom. The SMILES string of the molecule is CS(=O)(=O)N(CC(=O)NCc1cccc(C(F)(F)F)c1)c1cccc(Cl)c1Cl. The van der Waals surface area contributed by atoms with Gasteiger partial charge in [0.25, 0.3) is 0 Å². The number of anilines is 1. The van der Waals surface area contributed by atoms with Gasteiger partial charge in [-0.25, -0.2) is 8.42 Å². The van der Waals surface area contributed by atoms with E-state index in [4.69, 9.17) is 23.2 Å². The van der Waals surface area contributed by atoms with Gasteiger partial charge in [0.15, 0.2) is 0 Å². The Bertz CT molecular complexity index is 982. The maximum atomic E-state index is 12.7. The summed E-state index contributed by atoms with van der Waals surface area (Å²) in [5.74, 6) is -0.723. The summed E-state index contributed by atoms with van der Waals surface area (Å²) in [4.78, 5) is 12.2. The summed E-state index contributed by atoms with van der Waals surface area (Å²) in [5.41, 5.74) is -0.608. The van der Waals surface area contributed by atoms with Crippen molar-refractivity contribution in [3.05, 3.63) is 63.6 Å². The highest BCUT2D eigenvalue weighted by atomic mass is 35.5. The van der Waals surface area contributed by atoms with E-state index < -0.39 is 34.2 Å². The number of amides is 1. The Labute approximate surface area is 170 Å². The topological polar surface area (TPSA) is 66.5 Å². The second-order valence-corrected chi connectivity index (χ2v) is 8.51. The fraction of sp³-hybridized carbons (Fsp3) is 0.235. The number of nitrogens with one attached hydrogen (secondary N) is 1. The molecule has 0 unspecified atom stereocenters. The molecule has 5 nitrogen and oxygen atoms in total. The van der Waals surface area contributed by atoms with Crippen molar-refractivity contribution >= 4 is 44.8 Å². The van der Waals surface area contributed by atoms with Crippen LogP contribution in [0.3, 0.4) is 0 Å². The van der Waals surface area contributed by atoms with Gasteiger partial charge in [0.2, 0.25) is 15.9 Å². The Morgan fingerprint density at radius 2 is 1.79 bits per heavy atom. The lowest BCUT2D eigenvalue weighted by atomic mass is 10.1. The van der Waals surface area contributed by atoms with Crippen molar-refractivity contribution in [3.8, 4) is 0 Å². The highest BCUT2D eigenvalue weighted by molar-refractivity contribution is 7.92. The van der Waals surface area contributed by atoms with Crippen LogP contribution in [0.4, 0.5) is 18.9 Å². The van der Waals surface area contributed by atoms with E-state index in [9.17, 15) is 26.4 Å². The molecule has 28 heavy (non-hydrogen) atoms. The third kappa shape index (κ3) is 5.76. The first-order valence-corrected chi connectivity index (χ1v) is 10.3. The van der Waals surface area contributed by atoms with Crippen LogP contribution in [0.1, 0.15) is 11.1 Å². The van der Waals surface area contributed by atoms with Crippen molar-refractivity contribution in [2.75, 3.05) is 17.1 Å². The van der Waals surface area contributed by atoms with Crippen LogP contribution in [0.15, 0.2) is 42.5 Å². The molecule has 0 aliphatic rings. The number of nitrogens with zero attached hydrogens (tertiary/aromatic N) is 1. The monoisotopic (exact) mass is 454 g/mol. The van der Waals surface area contributed by atoms with Crippen molar-refractivity contribution in [1.82, 2.24) is 5.32 Å². The molecule has 0 bridgehead atoms. The van der Waals surface area contributed by atoms with E-state index in [1.165, 1.54) is 30.3 Å². The molecule has 0 radical (unpaired) electrons. The van der Waals surface area contributed by atoms with Gasteiger partial charge in [-0.2, -0.15) is 13.2 Å². The summed E-state index contributed by atoms with van der Waals surface area (Å²) in [7, 11) is -3.88. The Balaban J connectivity index is 2.14. The van der Waals surface area contributed by atoms with E-state index >= 15 is 0 Å². The summed E-state index contributed by atoms with van der Waals surface area (Å²) in [6.45, 7) is -0.818. The zero-order valence-corrected chi connectivity index (χ0v) is 16.8. The molecule has 0 aromatic heterocycles. The van der Waals surface area contributed by atoms with E-state index in [0.717, 1.165) is 22.7 Å². The minimum Gasteiger partial charge on any atom is -0.350 e. The fourth-order valence-corrected chi connectivity index (χ4v) is 3.62. The Kier molecular flexibility index (Phi) is 6.84. The summed E-state index contributed by atoms with van der Waals surface area (Å²) < 4.78 is 63.2. The van der Waals surface area contributed by atoms with Gasteiger partial charge in [-0.1, -0.05) is 41.4 Å². The first kappa shape index (κ1) is 22.3. The average Bonchev–Trinajstić information content (AvgIpc) is 2.59. The molecule has 2 aromatic carbocycles. The summed E-state index contributed by atoms with van der Waals surface area (Å²) >= 11 is 11.9. The Hall–Kier alpha value is -1.97.